The summed E-state index contributed by atoms with van der Waals surface area (Å²) < 4.78 is 0. The van der Waals surface area contributed by atoms with Gasteiger partial charge in [0.15, 0.2) is 0 Å². The van der Waals surface area contributed by atoms with Crippen LogP contribution < -0.4 is 5.32 Å². The molecule has 0 saturated carbocycles. The topological polar surface area (TPSA) is 12.0 Å². The molecular formula is C9H15N. The lowest BCUT2D eigenvalue weighted by atomic mass is 10.2. The molecule has 0 bridgehead atoms. The van der Waals surface area contributed by atoms with Crippen molar-refractivity contribution in [1.29, 1.82) is 0 Å². The number of rotatable bonds is 2. The molecular weight excluding hydrogens is 122 g/mol. The van der Waals surface area contributed by atoms with Gasteiger partial charge in [-0.3, -0.25) is 0 Å². The molecule has 0 fully saturated rings. The maximum Gasteiger partial charge on any atom is 0.00277 e. The fourth-order valence-corrected chi connectivity index (χ4v) is 1.33. The van der Waals surface area contributed by atoms with Gasteiger partial charge in [-0.15, -0.1) is 0 Å². The van der Waals surface area contributed by atoms with Gasteiger partial charge in [0.2, 0.25) is 0 Å². The van der Waals surface area contributed by atoms with E-state index in [1.807, 2.05) is 13.2 Å². The Morgan fingerprint density at radius 3 is 2.70 bits per heavy atom. The van der Waals surface area contributed by atoms with Crippen molar-refractivity contribution in [2.45, 2.75) is 26.2 Å². The summed E-state index contributed by atoms with van der Waals surface area (Å²) in [5, 5.41) is 3.00. The Kier molecular flexibility index (Phi) is 2.55. The van der Waals surface area contributed by atoms with Crippen LogP contribution in [0, 0.1) is 0 Å². The van der Waals surface area contributed by atoms with Crippen LogP contribution in [0.3, 0.4) is 0 Å². The van der Waals surface area contributed by atoms with Crippen LogP contribution in [0.4, 0.5) is 0 Å². The highest BCUT2D eigenvalue weighted by Crippen LogP contribution is 2.25. The molecule has 0 aromatic rings. The van der Waals surface area contributed by atoms with E-state index in [9.17, 15) is 0 Å². The highest BCUT2D eigenvalue weighted by Gasteiger charge is 2.06. The predicted molar refractivity (Wildman–Crippen MR) is 44.8 cm³/mol. The van der Waals surface area contributed by atoms with Crippen molar-refractivity contribution in [3.05, 3.63) is 23.4 Å². The van der Waals surface area contributed by atoms with Crippen molar-refractivity contribution < 1.29 is 0 Å². The lowest BCUT2D eigenvalue weighted by Gasteiger charge is -1.93. The van der Waals surface area contributed by atoms with Gasteiger partial charge in [-0.2, -0.15) is 0 Å². The number of allylic oxidation sites excluding steroid dienone is 3. The molecule has 0 aromatic heterocycles. The average Bonchev–Trinajstić information content (AvgIpc) is 2.31. The summed E-state index contributed by atoms with van der Waals surface area (Å²) >= 11 is 0. The first-order chi connectivity index (χ1) is 4.84. The molecule has 0 spiro atoms. The number of nitrogens with one attached hydrogen (secondary N) is 1. The third-order valence-corrected chi connectivity index (χ3v) is 2.00. The zero-order chi connectivity index (χ0) is 7.40. The van der Waals surface area contributed by atoms with Crippen molar-refractivity contribution in [3.8, 4) is 0 Å². The van der Waals surface area contributed by atoms with Crippen molar-refractivity contribution in [1.82, 2.24) is 5.32 Å². The van der Waals surface area contributed by atoms with E-state index in [2.05, 4.69) is 18.3 Å². The summed E-state index contributed by atoms with van der Waals surface area (Å²) in [6, 6.07) is 0. The molecule has 56 valence electrons. The van der Waals surface area contributed by atoms with E-state index in [0.29, 0.717) is 0 Å². The normalized spacial score (nSPS) is 19.0. The van der Waals surface area contributed by atoms with Gasteiger partial charge in [-0.05, 0) is 44.0 Å². The molecule has 1 heteroatoms. The van der Waals surface area contributed by atoms with E-state index in [-0.39, 0.29) is 0 Å². The summed E-state index contributed by atoms with van der Waals surface area (Å²) in [4.78, 5) is 0. The second kappa shape index (κ2) is 3.45. The van der Waals surface area contributed by atoms with Gasteiger partial charge in [0.25, 0.3) is 0 Å². The molecule has 10 heavy (non-hydrogen) atoms. The maximum absolute atomic E-state index is 3.00. The molecule has 1 aliphatic rings. The molecule has 0 heterocycles. The van der Waals surface area contributed by atoms with Crippen LogP contribution in [-0.4, -0.2) is 7.05 Å². The van der Waals surface area contributed by atoms with E-state index in [0.717, 1.165) is 0 Å². The molecule has 1 rings (SSSR count). The van der Waals surface area contributed by atoms with E-state index in [4.69, 9.17) is 0 Å². The molecule has 0 radical (unpaired) electrons. The van der Waals surface area contributed by atoms with E-state index in [1.54, 1.807) is 5.57 Å². The van der Waals surface area contributed by atoms with Gasteiger partial charge < -0.3 is 5.32 Å². The highest BCUT2D eigenvalue weighted by molar-refractivity contribution is 5.27. The van der Waals surface area contributed by atoms with Crippen molar-refractivity contribution >= 4 is 0 Å². The zero-order valence-electron chi connectivity index (χ0n) is 6.78. The van der Waals surface area contributed by atoms with E-state index < -0.39 is 0 Å². The molecule has 0 amide bonds. The summed E-state index contributed by atoms with van der Waals surface area (Å²) in [6.07, 6.45) is 8.09. The Bertz CT molecular complexity index is 166. The first-order valence-corrected chi connectivity index (χ1v) is 3.87. The predicted octanol–water partition coefficient (Wildman–Crippen LogP) is 2.22. The van der Waals surface area contributed by atoms with Gasteiger partial charge in [0.05, 0.1) is 0 Å². The standard InChI is InChI=1S/C9H15N/c1-8-4-3-5-9(8)6-7-10-2/h6-7,10H,3-5H2,1-2H3/b7-6-. The first-order valence-electron chi connectivity index (χ1n) is 3.87. The number of hydrogen-bond acceptors (Lipinski definition) is 1. The smallest absolute Gasteiger partial charge is 0.00277 e. The molecule has 1 nitrogen and oxygen atoms in total. The van der Waals surface area contributed by atoms with Gasteiger partial charge in [0, 0.05) is 7.05 Å². The third kappa shape index (κ3) is 1.63. The van der Waals surface area contributed by atoms with Crippen LogP contribution >= 0.6 is 0 Å². The lowest BCUT2D eigenvalue weighted by molar-refractivity contribution is 0.898. The van der Waals surface area contributed by atoms with Crippen LogP contribution in [0.2, 0.25) is 0 Å². The van der Waals surface area contributed by atoms with Crippen LogP contribution in [0.1, 0.15) is 26.2 Å². The zero-order valence-corrected chi connectivity index (χ0v) is 6.78. The summed E-state index contributed by atoms with van der Waals surface area (Å²) in [6.45, 7) is 2.22. The minimum atomic E-state index is 1.27. The van der Waals surface area contributed by atoms with Crippen molar-refractivity contribution in [2.75, 3.05) is 7.05 Å². The van der Waals surface area contributed by atoms with Crippen LogP contribution in [0.25, 0.3) is 0 Å². The molecule has 1 N–H and O–H groups in total. The Balaban J connectivity index is 2.54. The van der Waals surface area contributed by atoms with Gasteiger partial charge >= 0.3 is 0 Å². The van der Waals surface area contributed by atoms with Crippen molar-refractivity contribution in [2.24, 2.45) is 0 Å². The number of hydrogen-bond donors (Lipinski definition) is 1. The Morgan fingerprint density at radius 1 is 1.40 bits per heavy atom. The second-order valence-corrected chi connectivity index (χ2v) is 2.78. The fraction of sp³-hybridized carbons (Fsp3) is 0.556. The Labute approximate surface area is 62.8 Å². The maximum atomic E-state index is 3.00. The van der Waals surface area contributed by atoms with Crippen LogP contribution in [-0.2, 0) is 0 Å². The van der Waals surface area contributed by atoms with Crippen molar-refractivity contribution in [3.63, 3.8) is 0 Å². The minimum Gasteiger partial charge on any atom is -0.394 e. The first kappa shape index (κ1) is 7.39. The van der Waals surface area contributed by atoms with Gasteiger partial charge in [-0.25, -0.2) is 0 Å². The average molecular weight is 137 g/mol. The molecule has 0 unspecified atom stereocenters. The highest BCUT2D eigenvalue weighted by atomic mass is 14.8. The molecule has 1 aliphatic carbocycles. The van der Waals surface area contributed by atoms with Crippen LogP contribution in [0.5, 0.6) is 0 Å². The molecule has 0 saturated heterocycles. The summed E-state index contributed by atoms with van der Waals surface area (Å²) in [5.41, 5.74) is 3.08. The second-order valence-electron chi connectivity index (χ2n) is 2.78. The largest absolute Gasteiger partial charge is 0.394 e. The minimum absolute atomic E-state index is 1.27. The van der Waals surface area contributed by atoms with E-state index in [1.165, 1.54) is 24.8 Å². The Morgan fingerprint density at radius 2 is 2.20 bits per heavy atom. The molecule has 0 aromatic carbocycles. The quantitative estimate of drug-likeness (QED) is 0.615. The van der Waals surface area contributed by atoms with E-state index >= 15 is 0 Å². The SMILES string of the molecule is CN/C=C\C1=C(C)CCC1. The van der Waals surface area contributed by atoms with Gasteiger partial charge in [0.1, 0.15) is 0 Å². The fourth-order valence-electron chi connectivity index (χ4n) is 1.33. The van der Waals surface area contributed by atoms with Gasteiger partial charge in [-0.1, -0.05) is 5.57 Å². The third-order valence-electron chi connectivity index (χ3n) is 2.00. The van der Waals surface area contributed by atoms with Crippen LogP contribution in [0.15, 0.2) is 23.4 Å². The Hall–Kier alpha value is -0.720. The lowest BCUT2D eigenvalue weighted by Crippen LogP contribution is -1.91. The monoisotopic (exact) mass is 137 g/mol. The molecule has 0 aliphatic heterocycles. The summed E-state index contributed by atoms with van der Waals surface area (Å²) in [5.74, 6) is 0. The summed E-state index contributed by atoms with van der Waals surface area (Å²) in [7, 11) is 1.93. The molecule has 0 atom stereocenters.